The Hall–Kier alpha value is -4.30. The van der Waals surface area contributed by atoms with Gasteiger partial charge in [-0.15, -0.1) is 0 Å². The van der Waals surface area contributed by atoms with E-state index in [1.54, 1.807) is 0 Å². The molecule has 0 unspecified atom stereocenters. The summed E-state index contributed by atoms with van der Waals surface area (Å²) in [7, 11) is 0. The summed E-state index contributed by atoms with van der Waals surface area (Å²) in [6.07, 6.45) is 0. The zero-order valence-corrected chi connectivity index (χ0v) is 19.8. The lowest BCUT2D eigenvalue weighted by molar-refractivity contribution is 0.662. The molecule has 5 aromatic carbocycles. The number of nitrogens with one attached hydrogen (secondary N) is 1. The van der Waals surface area contributed by atoms with Gasteiger partial charge in [-0.1, -0.05) is 92.7 Å². The molecule has 2 heteroatoms. The molecular formula is C33H25NO. The maximum Gasteiger partial charge on any atom is 0.137 e. The average molecular weight is 452 g/mol. The van der Waals surface area contributed by atoms with Crippen LogP contribution in [-0.4, -0.2) is 0 Å². The third-order valence-corrected chi connectivity index (χ3v) is 7.44. The number of hydrogen-bond donors (Lipinski definition) is 1. The molecule has 0 amide bonds. The van der Waals surface area contributed by atoms with Crippen LogP contribution in [0.5, 0.6) is 0 Å². The van der Waals surface area contributed by atoms with Gasteiger partial charge < -0.3 is 9.73 Å². The molecule has 0 bridgehead atoms. The maximum atomic E-state index is 6.09. The van der Waals surface area contributed by atoms with Gasteiger partial charge >= 0.3 is 0 Å². The summed E-state index contributed by atoms with van der Waals surface area (Å²) < 4.78 is 6.09. The van der Waals surface area contributed by atoms with Crippen molar-refractivity contribution in [3.05, 3.63) is 120 Å². The van der Waals surface area contributed by atoms with Crippen molar-refractivity contribution in [2.24, 2.45) is 0 Å². The molecule has 35 heavy (non-hydrogen) atoms. The first-order chi connectivity index (χ1) is 17.1. The summed E-state index contributed by atoms with van der Waals surface area (Å²) in [6, 6.07) is 38.7. The second kappa shape index (κ2) is 7.35. The molecule has 0 atom stereocenters. The van der Waals surface area contributed by atoms with E-state index in [1.807, 2.05) is 24.3 Å². The molecule has 1 aliphatic rings. The monoisotopic (exact) mass is 451 g/mol. The van der Waals surface area contributed by atoms with Crippen molar-refractivity contribution in [3.63, 3.8) is 0 Å². The lowest BCUT2D eigenvalue weighted by Crippen LogP contribution is -2.16. The van der Waals surface area contributed by atoms with E-state index in [2.05, 4.69) is 104 Å². The molecule has 7 rings (SSSR count). The van der Waals surface area contributed by atoms with E-state index in [0.29, 0.717) is 0 Å². The molecule has 1 aromatic heterocycles. The standard InChI is InChI=1S/C33H25NO/c1-33(2)27-19-18-22(34-28-15-9-17-30-31(28)25-12-6-7-16-29(25)35-30)20-26(27)24-14-8-13-23(32(24)33)21-10-4-3-5-11-21/h3-20,34H,1-2H3. The van der Waals surface area contributed by atoms with Gasteiger partial charge in [0.05, 0.1) is 11.1 Å². The fourth-order valence-electron chi connectivity index (χ4n) is 5.87. The lowest BCUT2D eigenvalue weighted by atomic mass is 9.79. The molecule has 1 heterocycles. The fraction of sp³-hybridized carbons (Fsp3) is 0.0909. The van der Waals surface area contributed by atoms with Crippen LogP contribution in [0.25, 0.3) is 44.2 Å². The maximum absolute atomic E-state index is 6.09. The zero-order valence-electron chi connectivity index (χ0n) is 19.8. The van der Waals surface area contributed by atoms with Crippen LogP contribution in [0.15, 0.2) is 114 Å². The summed E-state index contributed by atoms with van der Waals surface area (Å²) in [5.41, 5.74) is 11.9. The van der Waals surface area contributed by atoms with Gasteiger partial charge in [-0.3, -0.25) is 0 Å². The second-order valence-electron chi connectivity index (χ2n) is 9.88. The van der Waals surface area contributed by atoms with Crippen LogP contribution in [0, 0.1) is 0 Å². The van der Waals surface area contributed by atoms with Crippen LogP contribution in [-0.2, 0) is 5.41 Å². The largest absolute Gasteiger partial charge is 0.456 e. The number of fused-ring (bicyclic) bond motifs is 6. The zero-order chi connectivity index (χ0) is 23.6. The van der Waals surface area contributed by atoms with Gasteiger partial charge in [-0.25, -0.2) is 0 Å². The van der Waals surface area contributed by atoms with Crippen molar-refractivity contribution < 1.29 is 4.42 Å². The van der Waals surface area contributed by atoms with E-state index in [0.717, 1.165) is 33.3 Å². The summed E-state index contributed by atoms with van der Waals surface area (Å²) in [5, 5.41) is 5.95. The number of benzene rings is 5. The van der Waals surface area contributed by atoms with Crippen molar-refractivity contribution in [2.75, 3.05) is 5.32 Å². The topological polar surface area (TPSA) is 25.2 Å². The van der Waals surface area contributed by atoms with Crippen molar-refractivity contribution in [2.45, 2.75) is 19.3 Å². The Morgan fingerprint density at radius 2 is 1.37 bits per heavy atom. The van der Waals surface area contributed by atoms with Gasteiger partial charge in [0.25, 0.3) is 0 Å². The van der Waals surface area contributed by atoms with E-state index < -0.39 is 0 Å². The van der Waals surface area contributed by atoms with Crippen molar-refractivity contribution >= 4 is 33.3 Å². The number of para-hydroxylation sites is 1. The highest BCUT2D eigenvalue weighted by Crippen LogP contribution is 2.52. The number of hydrogen-bond acceptors (Lipinski definition) is 2. The van der Waals surface area contributed by atoms with Gasteiger partial charge in [0, 0.05) is 16.5 Å². The Balaban J connectivity index is 1.37. The molecule has 6 aromatic rings. The Bertz CT molecular complexity index is 1740. The highest BCUT2D eigenvalue weighted by atomic mass is 16.3. The van der Waals surface area contributed by atoms with Crippen LogP contribution in [0.2, 0.25) is 0 Å². The molecular weight excluding hydrogens is 426 g/mol. The van der Waals surface area contributed by atoms with Crippen LogP contribution < -0.4 is 5.32 Å². The van der Waals surface area contributed by atoms with Gasteiger partial charge in [-0.2, -0.15) is 0 Å². The predicted molar refractivity (Wildman–Crippen MR) is 146 cm³/mol. The van der Waals surface area contributed by atoms with E-state index in [-0.39, 0.29) is 5.41 Å². The predicted octanol–water partition coefficient (Wildman–Crippen LogP) is 9.30. The second-order valence-corrected chi connectivity index (χ2v) is 9.88. The Morgan fingerprint density at radius 3 is 2.26 bits per heavy atom. The Morgan fingerprint density at radius 1 is 0.629 bits per heavy atom. The van der Waals surface area contributed by atoms with E-state index in [4.69, 9.17) is 4.42 Å². The van der Waals surface area contributed by atoms with Crippen molar-refractivity contribution in [1.82, 2.24) is 0 Å². The molecule has 168 valence electrons. The summed E-state index contributed by atoms with van der Waals surface area (Å²) in [5.74, 6) is 0. The van der Waals surface area contributed by atoms with Crippen molar-refractivity contribution in [3.8, 4) is 22.3 Å². The first-order valence-corrected chi connectivity index (χ1v) is 12.1. The minimum Gasteiger partial charge on any atom is -0.456 e. The highest BCUT2D eigenvalue weighted by Gasteiger charge is 2.37. The Kier molecular flexibility index (Phi) is 4.22. The first kappa shape index (κ1) is 20.1. The van der Waals surface area contributed by atoms with Gasteiger partial charge in [0.1, 0.15) is 11.2 Å². The van der Waals surface area contributed by atoms with Crippen molar-refractivity contribution in [1.29, 1.82) is 0 Å². The summed E-state index contributed by atoms with van der Waals surface area (Å²) in [6.45, 7) is 4.69. The smallest absolute Gasteiger partial charge is 0.137 e. The molecule has 0 fully saturated rings. The molecule has 2 nitrogen and oxygen atoms in total. The SMILES string of the molecule is CC1(C)c2ccc(Nc3cccc4oc5ccccc5c34)cc2-c2cccc(-c3ccccc3)c21. The molecule has 0 saturated carbocycles. The molecule has 0 spiro atoms. The molecule has 0 aliphatic heterocycles. The normalized spacial score (nSPS) is 13.7. The van der Waals surface area contributed by atoms with Gasteiger partial charge in [0.15, 0.2) is 0 Å². The van der Waals surface area contributed by atoms with Crippen LogP contribution in [0.1, 0.15) is 25.0 Å². The quantitative estimate of drug-likeness (QED) is 0.290. The van der Waals surface area contributed by atoms with Crippen LogP contribution >= 0.6 is 0 Å². The Labute approximate surface area is 204 Å². The van der Waals surface area contributed by atoms with Gasteiger partial charge in [0.2, 0.25) is 0 Å². The summed E-state index contributed by atoms with van der Waals surface area (Å²) >= 11 is 0. The minimum atomic E-state index is -0.0730. The number of rotatable bonds is 3. The highest BCUT2D eigenvalue weighted by molar-refractivity contribution is 6.12. The van der Waals surface area contributed by atoms with E-state index in [1.165, 1.54) is 33.4 Å². The van der Waals surface area contributed by atoms with Crippen LogP contribution in [0.3, 0.4) is 0 Å². The fourth-order valence-corrected chi connectivity index (χ4v) is 5.87. The third kappa shape index (κ3) is 2.96. The number of furan rings is 1. The van der Waals surface area contributed by atoms with Crippen LogP contribution in [0.4, 0.5) is 11.4 Å². The average Bonchev–Trinajstić information content (AvgIpc) is 3.38. The minimum absolute atomic E-state index is 0.0730. The molecule has 1 N–H and O–H groups in total. The molecule has 1 aliphatic carbocycles. The lowest BCUT2D eigenvalue weighted by Gasteiger charge is -2.24. The molecule has 0 radical (unpaired) electrons. The number of anilines is 2. The molecule has 0 saturated heterocycles. The van der Waals surface area contributed by atoms with Gasteiger partial charge in [-0.05, 0) is 63.7 Å². The van der Waals surface area contributed by atoms with E-state index >= 15 is 0 Å². The summed E-state index contributed by atoms with van der Waals surface area (Å²) in [4.78, 5) is 0. The van der Waals surface area contributed by atoms with E-state index in [9.17, 15) is 0 Å². The first-order valence-electron chi connectivity index (χ1n) is 12.1. The third-order valence-electron chi connectivity index (χ3n) is 7.44.